The number of nitrogens with one attached hydrogen (secondary N) is 1. The number of rotatable bonds is 6. The normalized spacial score (nSPS) is 14.1. The van der Waals surface area contributed by atoms with Crippen molar-refractivity contribution in [1.82, 2.24) is 10.3 Å². The Morgan fingerprint density at radius 2 is 1.97 bits per heavy atom. The van der Waals surface area contributed by atoms with E-state index in [9.17, 15) is 20.1 Å². The SMILES string of the molecule is COc1cc(N2CCCCC2)cc2oc(=O)c(C=N/C(C#N)=C(/C#N)NC(=O)c3ccc(C)cn3)cc12. The van der Waals surface area contributed by atoms with Gasteiger partial charge in [0.15, 0.2) is 11.4 Å². The second kappa shape index (κ2) is 11.2. The fourth-order valence-corrected chi connectivity index (χ4v) is 3.98. The number of anilines is 1. The quantitative estimate of drug-likeness (QED) is 0.310. The molecule has 0 saturated carbocycles. The topological polar surface area (TPSA) is 145 Å². The summed E-state index contributed by atoms with van der Waals surface area (Å²) in [6, 6.07) is 12.0. The molecule has 1 aliphatic rings. The molecule has 3 aromatic rings. The second-order valence-electron chi connectivity index (χ2n) is 8.48. The summed E-state index contributed by atoms with van der Waals surface area (Å²) in [5.41, 5.74) is 0.851. The molecule has 186 valence electrons. The zero-order valence-electron chi connectivity index (χ0n) is 20.4. The summed E-state index contributed by atoms with van der Waals surface area (Å²) in [4.78, 5) is 35.3. The van der Waals surface area contributed by atoms with E-state index in [1.807, 2.05) is 19.1 Å². The number of amides is 1. The minimum absolute atomic E-state index is 0.0492. The standard InChI is InChI=1S/C27H24N6O4/c1-17-6-7-21(30-15-17)26(34)32-23(14-29)22(13-28)31-16-18-10-20-24(36-2)11-19(12-25(20)37-27(18)35)33-8-4-3-5-9-33/h6-7,10-12,15-16H,3-5,8-9H2,1-2H3,(H,32,34)/b23-22-,31-16?. The predicted octanol–water partition coefficient (Wildman–Crippen LogP) is 3.60. The van der Waals surface area contributed by atoms with Crippen molar-refractivity contribution >= 4 is 28.8 Å². The van der Waals surface area contributed by atoms with E-state index >= 15 is 0 Å². The number of carbonyl (C=O) groups is 1. The van der Waals surface area contributed by atoms with E-state index in [4.69, 9.17) is 9.15 Å². The maximum absolute atomic E-state index is 12.7. The van der Waals surface area contributed by atoms with Crippen molar-refractivity contribution in [2.45, 2.75) is 26.2 Å². The molecule has 1 N–H and O–H groups in total. The van der Waals surface area contributed by atoms with E-state index in [0.29, 0.717) is 16.7 Å². The fraction of sp³-hybridized carbons (Fsp3) is 0.259. The minimum atomic E-state index is -0.669. The van der Waals surface area contributed by atoms with Crippen molar-refractivity contribution in [1.29, 1.82) is 10.5 Å². The summed E-state index contributed by atoms with van der Waals surface area (Å²) < 4.78 is 11.1. The van der Waals surface area contributed by atoms with Gasteiger partial charge in [0.2, 0.25) is 0 Å². The van der Waals surface area contributed by atoms with Gasteiger partial charge in [-0.1, -0.05) is 6.07 Å². The van der Waals surface area contributed by atoms with Crippen molar-refractivity contribution in [3.8, 4) is 17.9 Å². The first-order chi connectivity index (χ1) is 17.9. The largest absolute Gasteiger partial charge is 0.496 e. The molecular weight excluding hydrogens is 472 g/mol. The van der Waals surface area contributed by atoms with Crippen LogP contribution in [0.3, 0.4) is 0 Å². The Labute approximate surface area is 213 Å². The van der Waals surface area contributed by atoms with Crippen molar-refractivity contribution in [3.05, 3.63) is 75.2 Å². The number of ether oxygens (including phenoxy) is 1. The highest BCUT2D eigenvalue weighted by molar-refractivity contribution is 5.94. The lowest BCUT2D eigenvalue weighted by atomic mass is 10.1. The van der Waals surface area contributed by atoms with Crippen LogP contribution < -0.4 is 20.6 Å². The smallest absolute Gasteiger partial charge is 0.345 e. The Kier molecular flexibility index (Phi) is 7.60. The number of nitrogens with zero attached hydrogens (tertiary/aromatic N) is 5. The van der Waals surface area contributed by atoms with E-state index < -0.39 is 11.5 Å². The number of nitriles is 2. The molecule has 0 atom stereocenters. The molecule has 1 aromatic carbocycles. The first kappa shape index (κ1) is 25.1. The zero-order valence-corrected chi connectivity index (χ0v) is 20.4. The number of aromatic nitrogens is 1. The molecule has 0 unspecified atom stereocenters. The molecule has 0 bridgehead atoms. The third-order valence-corrected chi connectivity index (χ3v) is 5.94. The number of aliphatic imine (C=N–C) groups is 1. The molecule has 4 rings (SSSR count). The number of piperidine rings is 1. The van der Waals surface area contributed by atoms with Crippen LogP contribution in [-0.2, 0) is 0 Å². The van der Waals surface area contributed by atoms with Gasteiger partial charge in [0, 0.05) is 43.3 Å². The van der Waals surface area contributed by atoms with Crippen molar-refractivity contribution in [2.75, 3.05) is 25.1 Å². The Morgan fingerprint density at radius 3 is 2.62 bits per heavy atom. The Bertz CT molecular complexity index is 1530. The Balaban J connectivity index is 1.65. The average Bonchev–Trinajstić information content (AvgIpc) is 2.92. The zero-order chi connectivity index (χ0) is 26.4. The summed E-state index contributed by atoms with van der Waals surface area (Å²) in [5, 5.41) is 21.9. The second-order valence-corrected chi connectivity index (χ2v) is 8.48. The summed E-state index contributed by atoms with van der Waals surface area (Å²) in [6.45, 7) is 3.67. The van der Waals surface area contributed by atoms with Crippen molar-refractivity contribution < 1.29 is 13.9 Å². The number of benzene rings is 1. The summed E-state index contributed by atoms with van der Waals surface area (Å²) >= 11 is 0. The average molecular weight is 497 g/mol. The highest BCUT2D eigenvalue weighted by Gasteiger charge is 2.17. The molecule has 1 fully saturated rings. The third kappa shape index (κ3) is 5.65. The summed E-state index contributed by atoms with van der Waals surface area (Å²) in [7, 11) is 1.54. The van der Waals surface area contributed by atoms with Gasteiger partial charge >= 0.3 is 5.63 Å². The molecular formula is C27H24N6O4. The molecule has 3 heterocycles. The Morgan fingerprint density at radius 1 is 1.19 bits per heavy atom. The number of pyridine rings is 1. The van der Waals surface area contributed by atoms with Gasteiger partial charge in [0.25, 0.3) is 5.91 Å². The summed E-state index contributed by atoms with van der Waals surface area (Å²) in [5.74, 6) is -0.137. The molecule has 0 radical (unpaired) electrons. The highest BCUT2D eigenvalue weighted by atomic mass is 16.5. The molecule has 0 aliphatic carbocycles. The fourth-order valence-electron chi connectivity index (χ4n) is 3.98. The van der Waals surface area contributed by atoms with Gasteiger partial charge in [0.05, 0.1) is 18.1 Å². The molecule has 1 saturated heterocycles. The minimum Gasteiger partial charge on any atom is -0.496 e. The van der Waals surface area contributed by atoms with Crippen LogP contribution in [0.2, 0.25) is 0 Å². The number of allylic oxidation sites excluding steroid dienone is 2. The van der Waals surface area contributed by atoms with Gasteiger partial charge in [-0.3, -0.25) is 9.78 Å². The lowest BCUT2D eigenvalue weighted by molar-refractivity contribution is 0.0962. The molecule has 1 amide bonds. The first-order valence-electron chi connectivity index (χ1n) is 11.7. The van der Waals surface area contributed by atoms with Crippen LogP contribution in [0.1, 0.15) is 40.9 Å². The third-order valence-electron chi connectivity index (χ3n) is 5.94. The van der Waals surface area contributed by atoms with Crippen molar-refractivity contribution in [3.63, 3.8) is 0 Å². The van der Waals surface area contributed by atoms with Crippen LogP contribution in [0.4, 0.5) is 5.69 Å². The van der Waals surface area contributed by atoms with Crippen LogP contribution in [0.25, 0.3) is 11.0 Å². The van der Waals surface area contributed by atoms with Gasteiger partial charge < -0.3 is 19.4 Å². The number of hydrogen-bond acceptors (Lipinski definition) is 9. The maximum Gasteiger partial charge on any atom is 0.345 e. The van der Waals surface area contributed by atoms with Gasteiger partial charge in [-0.15, -0.1) is 0 Å². The lowest BCUT2D eigenvalue weighted by Crippen LogP contribution is -2.29. The number of carbonyl (C=O) groups excluding carboxylic acids is 1. The van der Waals surface area contributed by atoms with Gasteiger partial charge in [-0.05, 0) is 43.9 Å². The van der Waals surface area contributed by atoms with Gasteiger partial charge in [-0.25, -0.2) is 9.79 Å². The number of methoxy groups -OCH3 is 1. The van der Waals surface area contributed by atoms with E-state index in [2.05, 4.69) is 20.2 Å². The molecule has 10 heteroatoms. The number of aryl methyl sites for hydroxylation is 1. The first-order valence-corrected chi connectivity index (χ1v) is 11.7. The molecule has 0 spiro atoms. The number of fused-ring (bicyclic) bond motifs is 1. The Hall–Kier alpha value is -4.96. The van der Waals surface area contributed by atoms with Crippen LogP contribution in [0.5, 0.6) is 5.75 Å². The monoisotopic (exact) mass is 496 g/mol. The van der Waals surface area contributed by atoms with Crippen LogP contribution in [-0.4, -0.2) is 37.3 Å². The number of hydrogen-bond donors (Lipinski definition) is 1. The molecule has 2 aromatic heterocycles. The van der Waals surface area contributed by atoms with Crippen LogP contribution in [0, 0.1) is 29.6 Å². The van der Waals surface area contributed by atoms with Crippen LogP contribution in [0.15, 0.2) is 62.1 Å². The predicted molar refractivity (Wildman–Crippen MR) is 137 cm³/mol. The summed E-state index contributed by atoms with van der Waals surface area (Å²) in [6.07, 6.45) is 6.02. The van der Waals surface area contributed by atoms with E-state index in [1.54, 1.807) is 24.3 Å². The maximum atomic E-state index is 12.7. The van der Waals surface area contributed by atoms with E-state index in [0.717, 1.165) is 43.4 Å². The van der Waals surface area contributed by atoms with Crippen LogP contribution >= 0.6 is 0 Å². The van der Waals surface area contributed by atoms with Crippen molar-refractivity contribution in [2.24, 2.45) is 4.99 Å². The molecule has 1 aliphatic heterocycles. The highest BCUT2D eigenvalue weighted by Crippen LogP contribution is 2.32. The molecule has 10 nitrogen and oxygen atoms in total. The lowest BCUT2D eigenvalue weighted by Gasteiger charge is -2.29. The molecule has 37 heavy (non-hydrogen) atoms. The van der Waals surface area contributed by atoms with Gasteiger partial charge in [0.1, 0.15) is 29.2 Å². The van der Waals surface area contributed by atoms with E-state index in [-0.39, 0.29) is 22.7 Å². The van der Waals surface area contributed by atoms with E-state index in [1.165, 1.54) is 25.8 Å². The van der Waals surface area contributed by atoms with Gasteiger partial charge in [-0.2, -0.15) is 10.5 Å².